The molecule has 3 heterocycles. The molecule has 6 rings (SSSR count). The van der Waals surface area contributed by atoms with Crippen LogP contribution in [0.4, 0.5) is 10.5 Å². The maximum absolute atomic E-state index is 14.0. The van der Waals surface area contributed by atoms with E-state index in [0.29, 0.717) is 5.92 Å². The maximum Gasteiger partial charge on any atom is 0.328 e. The first-order chi connectivity index (χ1) is 17.5. The Kier molecular flexibility index (Phi) is 5.58. The largest absolute Gasteiger partial charge is 0.497 e. The lowest BCUT2D eigenvalue weighted by Crippen LogP contribution is -2.66. The van der Waals surface area contributed by atoms with Gasteiger partial charge < -0.3 is 14.5 Å². The summed E-state index contributed by atoms with van der Waals surface area (Å²) < 4.78 is 5.33. The molecular formula is C28H31N5O3. The third-order valence-corrected chi connectivity index (χ3v) is 7.70. The minimum Gasteiger partial charge on any atom is -0.497 e. The SMILES string of the molecule is COc1ccc(N2CC(C)CN3C4C(=O)N(Cc5cccc6ccccc56)C(=O)N(C)C4NC23)cc1. The third-order valence-electron chi connectivity index (χ3n) is 7.70. The molecule has 3 fully saturated rings. The Morgan fingerprint density at radius 3 is 2.50 bits per heavy atom. The molecular weight excluding hydrogens is 454 g/mol. The van der Waals surface area contributed by atoms with Crippen molar-refractivity contribution in [3.05, 3.63) is 72.3 Å². The topological polar surface area (TPSA) is 68.4 Å². The third kappa shape index (κ3) is 3.60. The molecule has 4 unspecified atom stereocenters. The number of nitrogens with one attached hydrogen (secondary N) is 1. The number of imide groups is 1. The zero-order valence-electron chi connectivity index (χ0n) is 20.8. The fourth-order valence-corrected chi connectivity index (χ4v) is 5.94. The van der Waals surface area contributed by atoms with Gasteiger partial charge in [0.1, 0.15) is 24.2 Å². The normalized spacial score (nSPS) is 26.4. The van der Waals surface area contributed by atoms with Crippen LogP contribution in [0.1, 0.15) is 12.5 Å². The molecule has 0 saturated carbocycles. The Balaban J connectivity index is 1.32. The number of likely N-dealkylation sites (N-methyl/N-ethyl adjacent to an activating group) is 1. The number of carbonyl (C=O) groups is 2. The number of urea groups is 1. The van der Waals surface area contributed by atoms with Crippen LogP contribution in [0, 0.1) is 5.92 Å². The van der Waals surface area contributed by atoms with Crippen LogP contribution >= 0.6 is 0 Å². The lowest BCUT2D eigenvalue weighted by Gasteiger charge is -2.46. The number of carbonyl (C=O) groups excluding carboxylic acids is 2. The van der Waals surface area contributed by atoms with E-state index >= 15 is 0 Å². The van der Waals surface area contributed by atoms with Crippen molar-refractivity contribution in [2.75, 3.05) is 32.1 Å². The molecule has 36 heavy (non-hydrogen) atoms. The van der Waals surface area contributed by atoms with Gasteiger partial charge >= 0.3 is 6.03 Å². The molecule has 3 aliphatic rings. The molecule has 8 nitrogen and oxygen atoms in total. The van der Waals surface area contributed by atoms with Gasteiger partial charge in [-0.2, -0.15) is 0 Å². The van der Waals surface area contributed by atoms with E-state index in [9.17, 15) is 9.59 Å². The molecule has 0 spiro atoms. The van der Waals surface area contributed by atoms with Crippen molar-refractivity contribution in [3.8, 4) is 5.75 Å². The second-order valence-electron chi connectivity index (χ2n) is 10.0. The molecule has 3 saturated heterocycles. The van der Waals surface area contributed by atoms with Gasteiger partial charge in [0.2, 0.25) is 0 Å². The molecule has 3 aliphatic heterocycles. The lowest BCUT2D eigenvalue weighted by molar-refractivity contribution is -0.139. The Hall–Kier alpha value is -3.62. The Morgan fingerprint density at radius 1 is 0.972 bits per heavy atom. The van der Waals surface area contributed by atoms with Crippen molar-refractivity contribution in [2.45, 2.75) is 32.0 Å². The highest BCUT2D eigenvalue weighted by Crippen LogP contribution is 2.35. The first kappa shape index (κ1) is 22.8. The number of fused-ring (bicyclic) bond motifs is 4. The molecule has 0 radical (unpaired) electrons. The van der Waals surface area contributed by atoms with Crippen LogP contribution in [-0.4, -0.2) is 72.4 Å². The molecule has 0 aromatic heterocycles. The van der Waals surface area contributed by atoms with E-state index in [0.717, 1.165) is 40.9 Å². The van der Waals surface area contributed by atoms with Gasteiger partial charge in [-0.05, 0) is 46.5 Å². The summed E-state index contributed by atoms with van der Waals surface area (Å²) in [5.41, 5.74) is 2.02. The summed E-state index contributed by atoms with van der Waals surface area (Å²) in [5, 5.41) is 5.75. The highest BCUT2D eigenvalue weighted by atomic mass is 16.5. The zero-order chi connectivity index (χ0) is 25.0. The van der Waals surface area contributed by atoms with E-state index in [2.05, 4.69) is 34.2 Å². The van der Waals surface area contributed by atoms with Gasteiger partial charge in [0, 0.05) is 25.8 Å². The monoisotopic (exact) mass is 485 g/mol. The van der Waals surface area contributed by atoms with Gasteiger partial charge in [-0.3, -0.25) is 19.9 Å². The summed E-state index contributed by atoms with van der Waals surface area (Å²) in [5.74, 6) is 1.01. The van der Waals surface area contributed by atoms with Gasteiger partial charge in [-0.25, -0.2) is 4.79 Å². The number of anilines is 1. The Labute approximate surface area is 211 Å². The molecule has 0 bridgehead atoms. The van der Waals surface area contributed by atoms with Gasteiger partial charge in [-0.1, -0.05) is 49.4 Å². The lowest BCUT2D eigenvalue weighted by atomic mass is 10.0. The second kappa shape index (κ2) is 8.80. The van der Waals surface area contributed by atoms with Crippen molar-refractivity contribution in [1.29, 1.82) is 0 Å². The summed E-state index contributed by atoms with van der Waals surface area (Å²) in [6.07, 6.45) is -0.564. The number of amides is 3. The van der Waals surface area contributed by atoms with Crippen molar-refractivity contribution < 1.29 is 14.3 Å². The number of rotatable bonds is 4. The predicted molar refractivity (Wildman–Crippen MR) is 138 cm³/mol. The summed E-state index contributed by atoms with van der Waals surface area (Å²) in [4.78, 5) is 35.0. The van der Waals surface area contributed by atoms with E-state index in [4.69, 9.17) is 4.74 Å². The van der Waals surface area contributed by atoms with Crippen LogP contribution < -0.4 is 15.0 Å². The van der Waals surface area contributed by atoms with Crippen molar-refractivity contribution in [3.63, 3.8) is 0 Å². The minimum atomic E-state index is -0.448. The number of hydrogen-bond donors (Lipinski definition) is 1. The second-order valence-corrected chi connectivity index (χ2v) is 10.0. The standard InChI is InChI=1S/C28H31N5O3/c1-18-15-31(21-11-13-22(36-3)14-12-21)27-29-25-24(32(27)16-18)26(34)33(28(35)30(25)2)17-20-9-6-8-19-7-4-5-10-23(19)20/h4-14,18,24-25,27,29H,15-17H2,1-3H3. The van der Waals surface area contributed by atoms with Crippen LogP contribution in [-0.2, 0) is 11.3 Å². The smallest absolute Gasteiger partial charge is 0.328 e. The van der Waals surface area contributed by atoms with E-state index in [-0.39, 0.29) is 30.9 Å². The Morgan fingerprint density at radius 2 is 1.72 bits per heavy atom. The zero-order valence-corrected chi connectivity index (χ0v) is 20.8. The van der Waals surface area contributed by atoms with Crippen LogP contribution in [0.15, 0.2) is 66.7 Å². The summed E-state index contributed by atoms with van der Waals surface area (Å²) >= 11 is 0. The molecule has 3 aromatic carbocycles. The molecule has 186 valence electrons. The van der Waals surface area contributed by atoms with E-state index in [1.165, 1.54) is 4.90 Å². The minimum absolute atomic E-state index is 0.144. The van der Waals surface area contributed by atoms with Crippen molar-refractivity contribution in [2.24, 2.45) is 5.92 Å². The maximum atomic E-state index is 14.0. The number of methoxy groups -OCH3 is 1. The molecule has 3 amide bonds. The first-order valence-electron chi connectivity index (χ1n) is 12.4. The average molecular weight is 486 g/mol. The van der Waals surface area contributed by atoms with E-state index in [1.54, 1.807) is 19.1 Å². The van der Waals surface area contributed by atoms with E-state index < -0.39 is 6.04 Å². The van der Waals surface area contributed by atoms with Gasteiger partial charge in [-0.15, -0.1) is 0 Å². The number of nitrogens with zero attached hydrogens (tertiary/aromatic N) is 4. The van der Waals surface area contributed by atoms with Gasteiger partial charge in [0.05, 0.1) is 13.7 Å². The molecule has 3 aromatic rings. The van der Waals surface area contributed by atoms with Crippen LogP contribution in [0.5, 0.6) is 5.75 Å². The molecule has 8 heteroatoms. The van der Waals surface area contributed by atoms with Crippen molar-refractivity contribution >= 4 is 28.4 Å². The van der Waals surface area contributed by atoms with Crippen LogP contribution in [0.3, 0.4) is 0 Å². The van der Waals surface area contributed by atoms with Crippen molar-refractivity contribution in [1.82, 2.24) is 20.0 Å². The number of ether oxygens (including phenoxy) is 1. The fraction of sp³-hybridized carbons (Fsp3) is 0.357. The van der Waals surface area contributed by atoms with E-state index in [1.807, 2.05) is 54.6 Å². The average Bonchev–Trinajstić information content (AvgIpc) is 3.29. The molecule has 4 atom stereocenters. The summed E-state index contributed by atoms with van der Waals surface area (Å²) in [6.45, 7) is 4.09. The number of benzene rings is 3. The number of hydrogen-bond acceptors (Lipinski definition) is 6. The molecule has 0 aliphatic carbocycles. The van der Waals surface area contributed by atoms with Crippen LogP contribution in [0.2, 0.25) is 0 Å². The van der Waals surface area contributed by atoms with Gasteiger partial charge in [0.15, 0.2) is 0 Å². The highest BCUT2D eigenvalue weighted by molar-refractivity contribution is 6.01. The summed E-state index contributed by atoms with van der Waals surface area (Å²) in [6, 6.07) is 21.4. The quantitative estimate of drug-likeness (QED) is 0.612. The predicted octanol–water partition coefficient (Wildman–Crippen LogP) is 3.28. The fourth-order valence-electron chi connectivity index (χ4n) is 5.94. The van der Waals surface area contributed by atoms with Crippen LogP contribution in [0.25, 0.3) is 10.8 Å². The Bertz CT molecular complexity index is 1310. The first-order valence-corrected chi connectivity index (χ1v) is 12.4. The van der Waals surface area contributed by atoms with Gasteiger partial charge in [0.25, 0.3) is 5.91 Å². The molecule has 1 N–H and O–H groups in total. The highest BCUT2D eigenvalue weighted by Gasteiger charge is 2.56. The summed E-state index contributed by atoms with van der Waals surface area (Å²) in [7, 11) is 3.44.